The predicted molar refractivity (Wildman–Crippen MR) is 140 cm³/mol. The molecule has 6 rings (SSSR count). The molecular formula is C31H25NO4. The number of fused-ring (bicyclic) bond motifs is 2. The van der Waals surface area contributed by atoms with Crippen LogP contribution < -0.4 is 4.74 Å². The van der Waals surface area contributed by atoms with Gasteiger partial charge in [0.25, 0.3) is 5.91 Å². The summed E-state index contributed by atoms with van der Waals surface area (Å²) in [6, 6.07) is 37.3. The van der Waals surface area contributed by atoms with Crippen molar-refractivity contribution in [1.82, 2.24) is 5.06 Å². The molecule has 0 N–H and O–H groups in total. The summed E-state index contributed by atoms with van der Waals surface area (Å²) in [7, 11) is 0. The first-order chi connectivity index (χ1) is 17.8. The second-order valence-electron chi connectivity index (χ2n) is 8.78. The van der Waals surface area contributed by atoms with E-state index in [2.05, 4.69) is 30.3 Å². The molecule has 0 spiro atoms. The van der Waals surface area contributed by atoms with Gasteiger partial charge < -0.3 is 9.47 Å². The summed E-state index contributed by atoms with van der Waals surface area (Å²) in [6.07, 6.45) is -1.18. The lowest BCUT2D eigenvalue weighted by atomic mass is 9.96. The van der Waals surface area contributed by atoms with E-state index in [1.54, 1.807) is 12.1 Å². The summed E-state index contributed by atoms with van der Waals surface area (Å²) < 4.78 is 12.5. The zero-order chi connectivity index (χ0) is 24.3. The minimum absolute atomic E-state index is 0.210. The Hall–Kier alpha value is -4.19. The molecule has 0 bridgehead atoms. The average Bonchev–Trinajstić information content (AvgIpc) is 2.95. The van der Waals surface area contributed by atoms with Crippen molar-refractivity contribution < 1.29 is 19.1 Å². The smallest absolute Gasteiger partial charge is 0.277 e. The van der Waals surface area contributed by atoms with Gasteiger partial charge in [-0.15, -0.1) is 0 Å². The normalized spacial score (nSPS) is 17.8. The van der Waals surface area contributed by atoms with Crippen LogP contribution >= 0.6 is 0 Å². The molecule has 0 aromatic heterocycles. The SMILES string of the molecule is O=C(c1ccccc1)N1C[C@H](COc2ccccc2)O[C@H](c2c3ccccc3cc3ccccc23)O1. The van der Waals surface area contributed by atoms with E-state index in [-0.39, 0.29) is 19.1 Å². The van der Waals surface area contributed by atoms with Gasteiger partial charge in [-0.3, -0.25) is 4.79 Å². The summed E-state index contributed by atoms with van der Waals surface area (Å²) in [5, 5.41) is 5.64. The molecule has 36 heavy (non-hydrogen) atoms. The highest BCUT2D eigenvalue weighted by Gasteiger charge is 2.35. The van der Waals surface area contributed by atoms with Crippen LogP contribution in [0.4, 0.5) is 0 Å². The van der Waals surface area contributed by atoms with Gasteiger partial charge in [-0.05, 0) is 51.9 Å². The molecule has 178 valence electrons. The highest BCUT2D eigenvalue weighted by Crippen LogP contribution is 2.38. The Morgan fingerprint density at radius 2 is 1.36 bits per heavy atom. The Morgan fingerprint density at radius 3 is 2.03 bits per heavy atom. The van der Waals surface area contributed by atoms with Crippen molar-refractivity contribution in [2.24, 2.45) is 0 Å². The van der Waals surface area contributed by atoms with Gasteiger partial charge >= 0.3 is 0 Å². The molecule has 1 aliphatic rings. The number of carbonyl (C=O) groups is 1. The number of hydrogen-bond acceptors (Lipinski definition) is 4. The Bertz CT molecular complexity index is 1450. The molecule has 5 heteroatoms. The lowest BCUT2D eigenvalue weighted by molar-refractivity contribution is -0.324. The molecule has 0 saturated carbocycles. The predicted octanol–water partition coefficient (Wildman–Crippen LogP) is 6.54. The Labute approximate surface area is 209 Å². The molecule has 5 nitrogen and oxygen atoms in total. The van der Waals surface area contributed by atoms with Gasteiger partial charge in [-0.1, -0.05) is 84.9 Å². The van der Waals surface area contributed by atoms with Crippen molar-refractivity contribution in [2.45, 2.75) is 12.4 Å². The van der Waals surface area contributed by atoms with Crippen LogP contribution in [0.15, 0.2) is 115 Å². The zero-order valence-corrected chi connectivity index (χ0v) is 19.6. The van der Waals surface area contributed by atoms with Crippen molar-refractivity contribution in [1.29, 1.82) is 0 Å². The Kier molecular flexibility index (Phi) is 6.08. The molecule has 1 amide bonds. The van der Waals surface area contributed by atoms with Gasteiger partial charge in [0.15, 0.2) is 0 Å². The Morgan fingerprint density at radius 1 is 0.778 bits per heavy atom. The summed E-state index contributed by atoms with van der Waals surface area (Å²) in [5.41, 5.74) is 1.46. The molecule has 2 atom stereocenters. The number of benzene rings is 5. The average molecular weight is 476 g/mol. The van der Waals surface area contributed by atoms with Gasteiger partial charge in [0.2, 0.25) is 6.29 Å². The van der Waals surface area contributed by atoms with E-state index in [4.69, 9.17) is 14.3 Å². The maximum absolute atomic E-state index is 13.4. The lowest BCUT2D eigenvalue weighted by Crippen LogP contribution is -2.47. The van der Waals surface area contributed by atoms with Crippen LogP contribution in [0.5, 0.6) is 5.75 Å². The van der Waals surface area contributed by atoms with Crippen LogP contribution in [-0.2, 0) is 9.57 Å². The quantitative estimate of drug-likeness (QED) is 0.271. The molecule has 0 unspecified atom stereocenters. The van der Waals surface area contributed by atoms with Gasteiger partial charge in [0.05, 0.1) is 6.54 Å². The van der Waals surface area contributed by atoms with E-state index in [0.29, 0.717) is 5.56 Å². The van der Waals surface area contributed by atoms with Crippen LogP contribution in [0.3, 0.4) is 0 Å². The van der Waals surface area contributed by atoms with Gasteiger partial charge in [0, 0.05) is 11.1 Å². The van der Waals surface area contributed by atoms with Gasteiger partial charge in [-0.2, -0.15) is 0 Å². The fraction of sp³-hybridized carbons (Fsp3) is 0.129. The third-order valence-corrected chi connectivity index (χ3v) is 6.38. The van der Waals surface area contributed by atoms with Gasteiger partial charge in [-0.25, -0.2) is 9.90 Å². The van der Waals surface area contributed by atoms with Crippen molar-refractivity contribution in [3.8, 4) is 5.75 Å². The number of nitrogens with zero attached hydrogens (tertiary/aromatic N) is 1. The fourth-order valence-electron chi connectivity index (χ4n) is 4.66. The van der Waals surface area contributed by atoms with Crippen LogP contribution in [0.25, 0.3) is 21.5 Å². The fourth-order valence-corrected chi connectivity index (χ4v) is 4.66. The van der Waals surface area contributed by atoms with E-state index in [9.17, 15) is 4.79 Å². The van der Waals surface area contributed by atoms with Crippen LogP contribution in [0.1, 0.15) is 22.2 Å². The van der Waals surface area contributed by atoms with Crippen molar-refractivity contribution in [3.63, 3.8) is 0 Å². The number of rotatable bonds is 5. The summed E-state index contributed by atoms with van der Waals surface area (Å²) in [4.78, 5) is 19.7. The number of hydrogen-bond donors (Lipinski definition) is 0. The van der Waals surface area contributed by atoms with E-state index in [1.807, 2.05) is 72.8 Å². The molecule has 1 fully saturated rings. The number of hydroxylamine groups is 2. The topological polar surface area (TPSA) is 48.0 Å². The maximum atomic E-state index is 13.4. The molecule has 5 aromatic carbocycles. The number of amides is 1. The standard InChI is InChI=1S/C31H25NO4/c33-30(22-11-3-1-4-12-22)32-20-26(21-34-25-15-5-2-6-16-25)35-31(36-32)29-27-17-9-7-13-23(27)19-24-14-8-10-18-28(24)29/h1-19,26,31H,20-21H2/t26-,31+/m1/s1. The third-order valence-electron chi connectivity index (χ3n) is 6.38. The lowest BCUT2D eigenvalue weighted by Gasteiger charge is -2.38. The maximum Gasteiger partial charge on any atom is 0.277 e. The number of carbonyl (C=O) groups excluding carboxylic acids is 1. The van der Waals surface area contributed by atoms with Crippen molar-refractivity contribution in [3.05, 3.63) is 126 Å². The summed E-state index contributed by atoms with van der Waals surface area (Å²) in [5.74, 6) is 0.541. The van der Waals surface area contributed by atoms with E-state index in [1.165, 1.54) is 5.06 Å². The molecule has 0 aliphatic carbocycles. The molecular weight excluding hydrogens is 450 g/mol. The second-order valence-corrected chi connectivity index (χ2v) is 8.78. The largest absolute Gasteiger partial charge is 0.491 e. The second kappa shape index (κ2) is 9.82. The molecule has 0 radical (unpaired) electrons. The minimum Gasteiger partial charge on any atom is -0.491 e. The Balaban J connectivity index is 1.40. The zero-order valence-electron chi connectivity index (χ0n) is 19.6. The monoisotopic (exact) mass is 475 g/mol. The summed E-state index contributed by atoms with van der Waals surface area (Å²) >= 11 is 0. The van der Waals surface area contributed by atoms with Crippen LogP contribution in [-0.4, -0.2) is 30.2 Å². The van der Waals surface area contributed by atoms with E-state index in [0.717, 1.165) is 32.9 Å². The van der Waals surface area contributed by atoms with Crippen LogP contribution in [0.2, 0.25) is 0 Å². The summed E-state index contributed by atoms with van der Waals surface area (Å²) in [6.45, 7) is 0.533. The van der Waals surface area contributed by atoms with Crippen molar-refractivity contribution in [2.75, 3.05) is 13.2 Å². The molecule has 1 heterocycles. The first-order valence-electron chi connectivity index (χ1n) is 12.0. The first kappa shape index (κ1) is 22.3. The number of ether oxygens (including phenoxy) is 2. The van der Waals surface area contributed by atoms with Gasteiger partial charge in [0.1, 0.15) is 18.5 Å². The molecule has 5 aromatic rings. The first-order valence-corrected chi connectivity index (χ1v) is 12.0. The van der Waals surface area contributed by atoms with E-state index >= 15 is 0 Å². The highest BCUT2D eigenvalue weighted by molar-refractivity contribution is 6.02. The van der Waals surface area contributed by atoms with E-state index < -0.39 is 12.4 Å². The third kappa shape index (κ3) is 4.42. The number of para-hydroxylation sites is 1. The molecule has 1 saturated heterocycles. The van der Waals surface area contributed by atoms with Crippen LogP contribution in [0, 0.1) is 0 Å². The highest BCUT2D eigenvalue weighted by atomic mass is 16.8. The van der Waals surface area contributed by atoms with Crippen molar-refractivity contribution >= 4 is 27.5 Å². The molecule has 1 aliphatic heterocycles. The minimum atomic E-state index is -0.785.